The lowest BCUT2D eigenvalue weighted by atomic mass is 10.0. The number of anilines is 1. The maximum atomic E-state index is 13.0. The molecule has 0 saturated carbocycles. The number of nitrogens with zero attached hydrogens (tertiary/aromatic N) is 1. The maximum Gasteiger partial charge on any atom is 0.199 e. The van der Waals surface area contributed by atoms with Crippen molar-refractivity contribution in [1.82, 2.24) is 4.40 Å². The average Bonchev–Trinajstić information content (AvgIpc) is 2.89. The lowest BCUT2D eigenvalue weighted by molar-refractivity contribution is 1.21. The molecule has 0 aliphatic rings. The first-order valence-electron chi connectivity index (χ1n) is 7.24. The minimum atomic E-state index is 0.112. The standard InChI is InChI=1S/C18H16N2O/c1-3-19-14-5-4-6-15-16(14)18(21)13-10-11(2)9-12-7-8-20(15)17(12)13/h4-10,19H,3H2,1-2H3. The molecule has 0 atom stereocenters. The van der Waals surface area contributed by atoms with Crippen LogP contribution in [0.1, 0.15) is 12.5 Å². The molecule has 0 amide bonds. The second kappa shape index (κ2) is 4.22. The summed E-state index contributed by atoms with van der Waals surface area (Å²) in [5.41, 5.74) is 4.12. The zero-order chi connectivity index (χ0) is 14.6. The highest BCUT2D eigenvalue weighted by Crippen LogP contribution is 2.28. The third kappa shape index (κ3) is 1.57. The van der Waals surface area contributed by atoms with E-state index in [1.54, 1.807) is 0 Å². The lowest BCUT2D eigenvalue weighted by Gasteiger charge is -2.11. The average molecular weight is 276 g/mol. The molecule has 0 aliphatic carbocycles. The third-order valence-electron chi connectivity index (χ3n) is 4.07. The predicted octanol–water partition coefficient (Wildman–Crippen LogP) is 3.78. The summed E-state index contributed by atoms with van der Waals surface area (Å²) in [6, 6.07) is 12.2. The summed E-state index contributed by atoms with van der Waals surface area (Å²) in [6.07, 6.45) is 2.05. The van der Waals surface area contributed by atoms with Crippen LogP contribution in [-0.4, -0.2) is 10.9 Å². The quantitative estimate of drug-likeness (QED) is 0.565. The molecule has 0 bridgehead atoms. The van der Waals surface area contributed by atoms with Crippen LogP contribution in [-0.2, 0) is 0 Å². The van der Waals surface area contributed by atoms with Gasteiger partial charge in [-0.1, -0.05) is 6.07 Å². The first-order valence-corrected chi connectivity index (χ1v) is 7.24. The van der Waals surface area contributed by atoms with Gasteiger partial charge in [0.15, 0.2) is 5.43 Å². The summed E-state index contributed by atoms with van der Waals surface area (Å²) >= 11 is 0. The van der Waals surface area contributed by atoms with E-state index in [9.17, 15) is 4.79 Å². The van der Waals surface area contributed by atoms with Gasteiger partial charge in [-0.15, -0.1) is 0 Å². The summed E-state index contributed by atoms with van der Waals surface area (Å²) in [6.45, 7) is 4.87. The molecule has 0 unspecified atom stereocenters. The smallest absolute Gasteiger partial charge is 0.199 e. The van der Waals surface area contributed by atoms with Crippen LogP contribution in [0.15, 0.2) is 47.4 Å². The highest BCUT2D eigenvalue weighted by Gasteiger charge is 2.14. The number of rotatable bonds is 2. The molecular weight excluding hydrogens is 260 g/mol. The van der Waals surface area contributed by atoms with Gasteiger partial charge in [0.25, 0.3) is 0 Å². The van der Waals surface area contributed by atoms with Crippen molar-refractivity contribution in [3.05, 3.63) is 58.4 Å². The van der Waals surface area contributed by atoms with Crippen LogP contribution in [0.25, 0.3) is 27.2 Å². The van der Waals surface area contributed by atoms with Crippen LogP contribution in [0.3, 0.4) is 0 Å². The highest BCUT2D eigenvalue weighted by atomic mass is 16.1. The van der Waals surface area contributed by atoms with Crippen LogP contribution < -0.4 is 10.7 Å². The van der Waals surface area contributed by atoms with E-state index in [1.807, 2.05) is 38.1 Å². The Balaban J connectivity index is 2.33. The normalized spacial score (nSPS) is 11.7. The second-order valence-corrected chi connectivity index (χ2v) is 5.50. The largest absolute Gasteiger partial charge is 0.385 e. The molecule has 0 aliphatic heterocycles. The fraction of sp³-hybridized carbons (Fsp3) is 0.167. The second-order valence-electron chi connectivity index (χ2n) is 5.50. The minimum Gasteiger partial charge on any atom is -0.385 e. The van der Waals surface area contributed by atoms with E-state index in [1.165, 1.54) is 0 Å². The van der Waals surface area contributed by atoms with E-state index >= 15 is 0 Å². The number of hydrogen-bond acceptors (Lipinski definition) is 2. The van der Waals surface area contributed by atoms with Crippen molar-refractivity contribution in [2.45, 2.75) is 13.8 Å². The number of hydrogen-bond donors (Lipinski definition) is 1. The van der Waals surface area contributed by atoms with Gasteiger partial charge in [-0.05, 0) is 49.7 Å². The van der Waals surface area contributed by atoms with Crippen molar-refractivity contribution in [3.8, 4) is 0 Å². The minimum absolute atomic E-state index is 0.112. The van der Waals surface area contributed by atoms with Crippen LogP contribution >= 0.6 is 0 Å². The topological polar surface area (TPSA) is 33.5 Å². The molecule has 2 aromatic heterocycles. The third-order valence-corrected chi connectivity index (χ3v) is 4.07. The van der Waals surface area contributed by atoms with E-state index in [0.29, 0.717) is 0 Å². The van der Waals surface area contributed by atoms with Crippen molar-refractivity contribution in [2.75, 3.05) is 11.9 Å². The summed E-state index contributed by atoms with van der Waals surface area (Å²) in [7, 11) is 0. The Morgan fingerprint density at radius 1 is 1.19 bits per heavy atom. The molecule has 0 radical (unpaired) electrons. The molecule has 4 aromatic rings. The Morgan fingerprint density at radius 3 is 2.86 bits per heavy atom. The van der Waals surface area contributed by atoms with E-state index in [4.69, 9.17) is 0 Å². The number of pyridine rings is 1. The Bertz CT molecular complexity index is 1030. The molecule has 21 heavy (non-hydrogen) atoms. The van der Waals surface area contributed by atoms with E-state index in [0.717, 1.165) is 45.0 Å². The molecule has 0 fully saturated rings. The first kappa shape index (κ1) is 12.2. The monoisotopic (exact) mass is 276 g/mol. The van der Waals surface area contributed by atoms with E-state index in [2.05, 4.69) is 28.0 Å². The molecule has 3 nitrogen and oxygen atoms in total. The van der Waals surface area contributed by atoms with Gasteiger partial charge in [-0.2, -0.15) is 0 Å². The van der Waals surface area contributed by atoms with Crippen molar-refractivity contribution in [3.63, 3.8) is 0 Å². The first-order chi connectivity index (χ1) is 10.2. The molecular formula is C18H16N2O. The van der Waals surface area contributed by atoms with Gasteiger partial charge in [-0.3, -0.25) is 4.79 Å². The maximum absolute atomic E-state index is 13.0. The van der Waals surface area contributed by atoms with Crippen molar-refractivity contribution in [1.29, 1.82) is 0 Å². The fourth-order valence-corrected chi connectivity index (χ4v) is 3.26. The van der Waals surface area contributed by atoms with Gasteiger partial charge in [0, 0.05) is 29.2 Å². The SMILES string of the molecule is CCNc1cccc2c1c(=O)c1cc(C)cc3ccn2c31. The predicted molar refractivity (Wildman–Crippen MR) is 88.8 cm³/mol. The summed E-state index contributed by atoms with van der Waals surface area (Å²) in [4.78, 5) is 13.0. The number of aryl methyl sites for hydroxylation is 1. The molecule has 0 spiro atoms. The molecule has 4 rings (SSSR count). The van der Waals surface area contributed by atoms with Crippen LogP contribution in [0.4, 0.5) is 5.69 Å². The molecule has 0 saturated heterocycles. The Morgan fingerprint density at radius 2 is 2.05 bits per heavy atom. The van der Waals surface area contributed by atoms with E-state index in [-0.39, 0.29) is 5.43 Å². The number of aromatic nitrogens is 1. The Kier molecular flexibility index (Phi) is 2.45. The van der Waals surface area contributed by atoms with Crippen LogP contribution in [0.2, 0.25) is 0 Å². The van der Waals surface area contributed by atoms with Gasteiger partial charge in [0.1, 0.15) is 0 Å². The van der Waals surface area contributed by atoms with Crippen molar-refractivity contribution >= 4 is 32.9 Å². The molecule has 104 valence electrons. The van der Waals surface area contributed by atoms with Crippen molar-refractivity contribution < 1.29 is 0 Å². The summed E-state index contributed by atoms with van der Waals surface area (Å²) < 4.78 is 2.13. The van der Waals surface area contributed by atoms with E-state index < -0.39 is 0 Å². The number of benzene rings is 2. The van der Waals surface area contributed by atoms with Crippen molar-refractivity contribution in [2.24, 2.45) is 0 Å². The van der Waals surface area contributed by atoms with Gasteiger partial charge < -0.3 is 9.72 Å². The zero-order valence-electron chi connectivity index (χ0n) is 12.1. The lowest BCUT2D eigenvalue weighted by Crippen LogP contribution is -2.10. The molecule has 1 N–H and O–H groups in total. The van der Waals surface area contributed by atoms with Gasteiger partial charge in [0.05, 0.1) is 16.4 Å². The molecule has 3 heteroatoms. The zero-order valence-corrected chi connectivity index (χ0v) is 12.1. The number of nitrogens with one attached hydrogen (secondary N) is 1. The summed E-state index contributed by atoms with van der Waals surface area (Å²) in [5, 5.41) is 6.00. The molecule has 2 aromatic carbocycles. The van der Waals surface area contributed by atoms with Gasteiger partial charge in [0.2, 0.25) is 0 Å². The van der Waals surface area contributed by atoms with Crippen LogP contribution in [0, 0.1) is 6.92 Å². The highest BCUT2D eigenvalue weighted by molar-refractivity contribution is 6.06. The summed E-state index contributed by atoms with van der Waals surface area (Å²) in [5.74, 6) is 0. The number of fused-ring (bicyclic) bond motifs is 2. The molecule has 2 heterocycles. The van der Waals surface area contributed by atoms with Gasteiger partial charge in [-0.25, -0.2) is 0 Å². The van der Waals surface area contributed by atoms with Gasteiger partial charge >= 0.3 is 0 Å². The fourth-order valence-electron chi connectivity index (χ4n) is 3.26. The Labute approximate surface area is 122 Å². The van der Waals surface area contributed by atoms with Crippen LogP contribution in [0.5, 0.6) is 0 Å². The Hall–Kier alpha value is -2.55.